The van der Waals surface area contributed by atoms with Gasteiger partial charge in [0, 0.05) is 0 Å². The third kappa shape index (κ3) is 10.6. The average Bonchev–Trinajstić information content (AvgIpc) is 3.46. The smallest absolute Gasteiger partial charge is 0.366 e. The summed E-state index contributed by atoms with van der Waals surface area (Å²) in [6.45, 7) is 0. The number of hydrogen-bond acceptors (Lipinski definition) is 0. The van der Waals surface area contributed by atoms with Crippen LogP contribution in [-0.2, 0) is 44.8 Å². The van der Waals surface area contributed by atoms with E-state index in [0.717, 1.165) is 32.7 Å². The molecule has 0 aliphatic heterocycles. The third-order valence-electron chi connectivity index (χ3n) is 13.5. The van der Waals surface area contributed by atoms with Crippen LogP contribution < -0.4 is 31.8 Å². The topological polar surface area (TPSA) is 0 Å². The molecule has 13 aromatic rings. The van der Waals surface area contributed by atoms with Crippen molar-refractivity contribution in [1.82, 2.24) is 0 Å². The predicted molar refractivity (Wildman–Crippen MR) is 317 cm³/mol. The molecule has 4 heteroatoms. The van der Waals surface area contributed by atoms with Gasteiger partial charge in [-0.05, 0) is 115 Å². The summed E-state index contributed by atoms with van der Waals surface area (Å²) in [6, 6.07) is 99.5. The van der Waals surface area contributed by atoms with Crippen molar-refractivity contribution in [3.8, 4) is 11.8 Å². The van der Waals surface area contributed by atoms with E-state index in [9.17, 15) is 0 Å². The van der Waals surface area contributed by atoms with Crippen LogP contribution in [0.15, 0.2) is 279 Å². The van der Waals surface area contributed by atoms with Gasteiger partial charge in [0.25, 0.3) is 0 Å². The van der Waals surface area contributed by atoms with Crippen molar-refractivity contribution in [3.05, 3.63) is 303 Å². The van der Waals surface area contributed by atoms with Gasteiger partial charge in [0.2, 0.25) is 0 Å². The molecule has 13 rings (SSSR count). The van der Waals surface area contributed by atoms with E-state index in [1.807, 2.05) is 24.3 Å². The van der Waals surface area contributed by atoms with Crippen LogP contribution in [0.2, 0.25) is 0 Å². The van der Waals surface area contributed by atoms with Crippen LogP contribution in [0, 0.1) is 24.7 Å². The van der Waals surface area contributed by atoms with Crippen LogP contribution in [0.25, 0.3) is 64.6 Å². The molecule has 0 saturated heterocycles. The molecule has 0 amide bonds. The second-order valence-electron chi connectivity index (χ2n) is 17.7. The van der Waals surface area contributed by atoms with E-state index in [1.54, 1.807) is 0 Å². The van der Waals surface area contributed by atoms with Crippen LogP contribution >= 0.6 is 15.8 Å². The number of rotatable bonds is 6. The van der Waals surface area contributed by atoms with E-state index in [-0.39, 0.29) is 44.8 Å². The Morgan fingerprint density at radius 1 is 0.230 bits per heavy atom. The van der Waals surface area contributed by atoms with E-state index < -0.39 is 15.8 Å². The minimum atomic E-state index is -1.14. The molecule has 0 aliphatic carbocycles. The molecule has 0 unspecified atom stereocenters. The molecule has 0 spiro atoms. The van der Waals surface area contributed by atoms with Crippen LogP contribution in [0.4, 0.5) is 0 Å². The molecular weight excluding hydrogens is 1300 g/mol. The number of benzene rings is 13. The predicted octanol–water partition coefficient (Wildman–Crippen LogP) is 14.8. The fraction of sp³-hybridized carbons (Fsp3) is 0. The van der Waals surface area contributed by atoms with Gasteiger partial charge in [-0.25, -0.2) is 0 Å². The monoisotopic (exact) mass is 1340 g/mol. The molecule has 0 aliphatic rings. The van der Waals surface area contributed by atoms with Gasteiger partial charge in [0.05, 0.1) is 0 Å². The maximum atomic E-state index is 7.51. The van der Waals surface area contributed by atoms with Crippen LogP contribution in [0.3, 0.4) is 0 Å². The Labute approximate surface area is 468 Å². The maximum Gasteiger partial charge on any atom is 1.00 e. The zero-order valence-electron chi connectivity index (χ0n) is 40.2. The second-order valence-corrected chi connectivity index (χ2v) is 22.6. The molecule has 74 heavy (non-hydrogen) atoms. The van der Waals surface area contributed by atoms with Crippen molar-refractivity contribution in [2.45, 2.75) is 0 Å². The van der Waals surface area contributed by atoms with Gasteiger partial charge in [-0.15, -0.1) is 23.3 Å². The van der Waals surface area contributed by atoms with Crippen molar-refractivity contribution in [3.63, 3.8) is 0 Å². The van der Waals surface area contributed by atoms with Gasteiger partial charge in [0.1, 0.15) is 47.7 Å². The SMILES string of the molecule is [Au+].[Au+].[C-]#Cc1cccc2ccc3c4ccccc4ccc3c12.[C-]#Cc1cccc2ccc3c4ccccc4ccc3c12.c1ccc([PH+](c2ccccc2)c2ccccc2[PH+](c2ccccc2)c2ccccc2)cc1. The molecule has 0 fully saturated rings. The first-order valence-corrected chi connectivity index (χ1v) is 27.3. The fourth-order valence-electron chi connectivity index (χ4n) is 10.3. The Balaban J connectivity index is 0.000000140. The van der Waals surface area contributed by atoms with Crippen molar-refractivity contribution in [2.24, 2.45) is 0 Å². The molecule has 0 aromatic heterocycles. The van der Waals surface area contributed by atoms with Crippen LogP contribution in [0.5, 0.6) is 0 Å². The van der Waals surface area contributed by atoms with Gasteiger partial charge in [-0.1, -0.05) is 217 Å². The van der Waals surface area contributed by atoms with Gasteiger partial charge in [0.15, 0.2) is 0 Å². The summed E-state index contributed by atoms with van der Waals surface area (Å²) in [5.41, 5.74) is 1.70. The Kier molecular flexibility index (Phi) is 17.0. The normalized spacial score (nSPS) is 10.7. The molecule has 13 aromatic carbocycles. The van der Waals surface area contributed by atoms with Crippen molar-refractivity contribution < 1.29 is 44.8 Å². The molecule has 0 saturated carbocycles. The van der Waals surface area contributed by atoms with E-state index in [4.69, 9.17) is 12.8 Å². The summed E-state index contributed by atoms with van der Waals surface area (Å²) in [5, 5.41) is 23.1. The first-order valence-electron chi connectivity index (χ1n) is 24.3. The summed E-state index contributed by atoms with van der Waals surface area (Å²) in [6.07, 6.45) is 15.0. The molecule has 0 N–H and O–H groups in total. The van der Waals surface area contributed by atoms with E-state index in [2.05, 4.69) is 267 Å². The van der Waals surface area contributed by atoms with E-state index in [0.29, 0.717) is 0 Å². The van der Waals surface area contributed by atoms with Gasteiger partial charge in [-0.3, -0.25) is 11.8 Å². The second kappa shape index (κ2) is 24.3. The molecule has 0 radical (unpaired) electrons. The van der Waals surface area contributed by atoms with Gasteiger partial charge < -0.3 is 12.8 Å². The van der Waals surface area contributed by atoms with E-state index in [1.165, 1.54) is 74.9 Å². The zero-order chi connectivity index (χ0) is 48.6. The Morgan fingerprint density at radius 3 is 0.865 bits per heavy atom. The largest absolute Gasteiger partial charge is 1.00 e. The molecule has 0 atom stereocenters. The quantitative estimate of drug-likeness (QED) is 0.0512. The summed E-state index contributed by atoms with van der Waals surface area (Å²) in [5.74, 6) is 5.12. The fourth-order valence-corrected chi connectivity index (χ4v) is 16.2. The van der Waals surface area contributed by atoms with E-state index >= 15 is 0 Å². The van der Waals surface area contributed by atoms with Crippen LogP contribution in [0.1, 0.15) is 11.1 Å². The number of hydrogen-bond donors (Lipinski definition) is 0. The van der Waals surface area contributed by atoms with Crippen molar-refractivity contribution in [2.75, 3.05) is 0 Å². The summed E-state index contributed by atoms with van der Waals surface area (Å²) < 4.78 is 0. The molecular formula is C70H48Au2P2+2. The van der Waals surface area contributed by atoms with Crippen LogP contribution in [-0.4, -0.2) is 0 Å². The summed E-state index contributed by atoms with van der Waals surface area (Å²) in [4.78, 5) is 0. The molecule has 0 heterocycles. The first-order chi connectivity index (χ1) is 35.7. The van der Waals surface area contributed by atoms with Crippen molar-refractivity contribution in [1.29, 1.82) is 0 Å². The van der Waals surface area contributed by atoms with Gasteiger partial charge in [-0.2, -0.15) is 0 Å². The number of fused-ring (bicyclic) bond motifs is 10. The summed E-state index contributed by atoms with van der Waals surface area (Å²) in [7, 11) is -2.28. The molecule has 0 bridgehead atoms. The van der Waals surface area contributed by atoms with Crippen molar-refractivity contribution >= 4 is 112 Å². The summed E-state index contributed by atoms with van der Waals surface area (Å²) >= 11 is 0. The standard InChI is InChI=1S/C30H24P2.2C20H11.2Au/c1-5-15-25(16-6-1)31(26-17-7-2-8-18-26)29-23-13-14-24-30(29)32(27-19-9-3-10-20-27)28-21-11-4-12-22-28;2*1-2-14-7-5-8-16-11-12-18-17-9-4-3-6-15(17)10-13-19(18)20(14)16;;/h1-24H;2*3-13H;;/q;2*-1;2*+1/p+2. The Hall–Kier alpha value is -7.12. The minimum absolute atomic E-state index is 0. The third-order valence-corrected chi connectivity index (χ3v) is 19.4. The minimum Gasteiger partial charge on any atom is -0.366 e. The average molecular weight is 1350 g/mol. The molecule has 0 nitrogen and oxygen atoms in total. The first kappa shape index (κ1) is 51.8. The Morgan fingerprint density at radius 2 is 0.514 bits per heavy atom. The Bertz CT molecular complexity index is 3780. The molecule has 358 valence electrons. The maximum absolute atomic E-state index is 7.51. The van der Waals surface area contributed by atoms with Gasteiger partial charge >= 0.3 is 44.8 Å². The zero-order valence-corrected chi connectivity index (χ0v) is 46.5.